The Morgan fingerprint density at radius 2 is 1.86 bits per heavy atom. The Bertz CT molecular complexity index is 1240. The van der Waals surface area contributed by atoms with E-state index in [1.54, 1.807) is 22.8 Å². The molecule has 0 aliphatic heterocycles. The molecule has 10 heteroatoms. The first-order chi connectivity index (χ1) is 13.9. The first-order valence-corrected chi connectivity index (χ1v) is 9.10. The lowest BCUT2D eigenvalue weighted by Gasteiger charge is -2.00. The van der Waals surface area contributed by atoms with Crippen molar-refractivity contribution in [1.29, 1.82) is 0 Å². The number of amides is 1. The van der Waals surface area contributed by atoms with Crippen molar-refractivity contribution in [3.8, 4) is 0 Å². The third-order valence-electron chi connectivity index (χ3n) is 3.89. The number of fused-ring (bicyclic) bond motifs is 1. The maximum absolute atomic E-state index is 12.3. The summed E-state index contributed by atoms with van der Waals surface area (Å²) < 4.78 is 2.41. The third kappa shape index (κ3) is 4.50. The van der Waals surface area contributed by atoms with Crippen molar-refractivity contribution in [1.82, 2.24) is 4.57 Å². The summed E-state index contributed by atoms with van der Waals surface area (Å²) in [5.41, 5.74) is 0.940. The summed E-state index contributed by atoms with van der Waals surface area (Å²) in [7, 11) is 0. The number of thiazole rings is 1. The molecule has 0 spiro atoms. The van der Waals surface area contributed by atoms with E-state index in [9.17, 15) is 25.0 Å². The molecule has 0 unspecified atom stereocenters. The van der Waals surface area contributed by atoms with Crippen LogP contribution in [0.5, 0.6) is 0 Å². The molecular weight excluding hydrogens is 396 g/mol. The lowest BCUT2D eigenvalue weighted by molar-refractivity contribution is -0.385. The quantitative estimate of drug-likeness (QED) is 0.264. The molecule has 3 rings (SSSR count). The molecule has 0 bridgehead atoms. The van der Waals surface area contributed by atoms with Gasteiger partial charge in [0.1, 0.15) is 0 Å². The molecule has 0 aliphatic carbocycles. The van der Waals surface area contributed by atoms with E-state index < -0.39 is 15.8 Å². The summed E-state index contributed by atoms with van der Waals surface area (Å²) in [5.74, 6) is -0.560. The second-order valence-electron chi connectivity index (χ2n) is 5.83. The summed E-state index contributed by atoms with van der Waals surface area (Å²) in [4.78, 5) is 37.6. The minimum Gasteiger partial charge on any atom is -0.312 e. The molecule has 1 heterocycles. The van der Waals surface area contributed by atoms with E-state index >= 15 is 0 Å². The van der Waals surface area contributed by atoms with Gasteiger partial charge in [0.15, 0.2) is 4.80 Å². The number of benzene rings is 2. The molecular formula is C19H14N4O5S. The summed E-state index contributed by atoms with van der Waals surface area (Å²) in [5, 5.41) is 21.9. The Hall–Kier alpha value is -3.92. The standard InChI is InChI=1S/C19H14N4O5S/c1-2-10-21-16-12-15(23(27)28)7-8-17(16)29-19(21)20-18(24)9-6-13-4-3-5-14(11-13)22(25)26/h2-9,11-12H,1,10H2/b9-6+,20-19?. The van der Waals surface area contributed by atoms with Gasteiger partial charge in [-0.25, -0.2) is 0 Å². The van der Waals surface area contributed by atoms with Gasteiger partial charge in [0, 0.05) is 36.9 Å². The predicted molar refractivity (Wildman–Crippen MR) is 109 cm³/mol. The highest BCUT2D eigenvalue weighted by molar-refractivity contribution is 7.16. The Morgan fingerprint density at radius 3 is 2.55 bits per heavy atom. The Morgan fingerprint density at radius 1 is 1.14 bits per heavy atom. The van der Waals surface area contributed by atoms with Crippen molar-refractivity contribution < 1.29 is 14.6 Å². The molecule has 0 N–H and O–H groups in total. The lowest BCUT2D eigenvalue weighted by Crippen LogP contribution is -2.15. The van der Waals surface area contributed by atoms with Crippen molar-refractivity contribution in [3.63, 3.8) is 0 Å². The predicted octanol–water partition coefficient (Wildman–Crippen LogP) is 3.85. The van der Waals surface area contributed by atoms with Gasteiger partial charge in [-0.05, 0) is 17.7 Å². The number of rotatable bonds is 6. The van der Waals surface area contributed by atoms with E-state index in [1.807, 2.05) is 0 Å². The van der Waals surface area contributed by atoms with Gasteiger partial charge in [-0.2, -0.15) is 4.99 Å². The fraction of sp³-hybridized carbons (Fsp3) is 0.0526. The number of carbonyl (C=O) groups is 1. The summed E-state index contributed by atoms with van der Waals surface area (Å²) in [6, 6.07) is 10.3. The maximum Gasteiger partial charge on any atom is 0.272 e. The van der Waals surface area contributed by atoms with Crippen molar-refractivity contribution >= 4 is 44.9 Å². The number of aromatic nitrogens is 1. The average Bonchev–Trinajstić information content (AvgIpc) is 3.03. The van der Waals surface area contributed by atoms with Crippen LogP contribution in [0.15, 0.2) is 66.2 Å². The average molecular weight is 410 g/mol. The molecule has 2 aromatic carbocycles. The molecule has 1 aromatic heterocycles. The number of hydrogen-bond donors (Lipinski definition) is 0. The molecule has 0 radical (unpaired) electrons. The number of nitrogens with zero attached hydrogens (tertiary/aromatic N) is 4. The third-order valence-corrected chi connectivity index (χ3v) is 4.95. The SMILES string of the molecule is C=CCn1c(=NC(=O)/C=C/c2cccc([N+](=O)[O-])c2)sc2ccc([N+](=O)[O-])cc21. The molecule has 0 aliphatic rings. The van der Waals surface area contributed by atoms with E-state index in [0.717, 1.165) is 4.70 Å². The van der Waals surface area contributed by atoms with E-state index in [4.69, 9.17) is 0 Å². The van der Waals surface area contributed by atoms with Crippen LogP contribution in [0.3, 0.4) is 0 Å². The molecule has 146 valence electrons. The first-order valence-electron chi connectivity index (χ1n) is 8.29. The van der Waals surface area contributed by atoms with E-state index in [1.165, 1.54) is 53.8 Å². The maximum atomic E-state index is 12.3. The van der Waals surface area contributed by atoms with Crippen molar-refractivity contribution in [2.45, 2.75) is 6.54 Å². The molecule has 0 fully saturated rings. The fourth-order valence-electron chi connectivity index (χ4n) is 2.60. The topological polar surface area (TPSA) is 121 Å². The fourth-order valence-corrected chi connectivity index (χ4v) is 3.63. The van der Waals surface area contributed by atoms with Gasteiger partial charge in [-0.3, -0.25) is 25.0 Å². The van der Waals surface area contributed by atoms with Gasteiger partial charge >= 0.3 is 0 Å². The number of hydrogen-bond acceptors (Lipinski definition) is 6. The monoisotopic (exact) mass is 410 g/mol. The van der Waals surface area contributed by atoms with Gasteiger partial charge in [-0.15, -0.1) is 6.58 Å². The van der Waals surface area contributed by atoms with Gasteiger partial charge in [0.25, 0.3) is 17.3 Å². The summed E-state index contributed by atoms with van der Waals surface area (Å²) in [6.45, 7) is 3.99. The van der Waals surface area contributed by atoms with Crippen molar-refractivity contribution in [2.24, 2.45) is 4.99 Å². The Kier molecular flexibility index (Phi) is 5.74. The second-order valence-corrected chi connectivity index (χ2v) is 6.84. The minimum absolute atomic E-state index is 0.0587. The van der Waals surface area contributed by atoms with Crippen molar-refractivity contribution in [3.05, 3.63) is 91.8 Å². The highest BCUT2D eigenvalue weighted by Gasteiger charge is 2.12. The van der Waals surface area contributed by atoms with Crippen molar-refractivity contribution in [2.75, 3.05) is 0 Å². The van der Waals surface area contributed by atoms with Crippen LogP contribution in [0.2, 0.25) is 0 Å². The lowest BCUT2D eigenvalue weighted by atomic mass is 10.2. The van der Waals surface area contributed by atoms with Crippen LogP contribution >= 0.6 is 11.3 Å². The van der Waals surface area contributed by atoms with Crippen LogP contribution in [-0.4, -0.2) is 20.3 Å². The Balaban J connectivity index is 1.98. The number of nitro benzene ring substituents is 2. The number of non-ortho nitro benzene ring substituents is 2. The first kappa shape index (κ1) is 19.8. The smallest absolute Gasteiger partial charge is 0.272 e. The molecule has 1 amide bonds. The molecule has 3 aromatic rings. The van der Waals surface area contributed by atoms with Crippen LogP contribution in [0, 0.1) is 20.2 Å². The zero-order valence-electron chi connectivity index (χ0n) is 14.9. The van der Waals surface area contributed by atoms with Gasteiger partial charge in [0.05, 0.1) is 20.1 Å². The number of allylic oxidation sites excluding steroid dienone is 1. The zero-order chi connectivity index (χ0) is 21.0. The van der Waals surface area contributed by atoms with Crippen LogP contribution in [0.4, 0.5) is 11.4 Å². The summed E-state index contributed by atoms with van der Waals surface area (Å²) >= 11 is 1.22. The zero-order valence-corrected chi connectivity index (χ0v) is 15.7. The summed E-state index contributed by atoms with van der Waals surface area (Å²) in [6.07, 6.45) is 4.26. The van der Waals surface area contributed by atoms with Gasteiger partial charge < -0.3 is 4.57 Å². The highest BCUT2D eigenvalue weighted by Crippen LogP contribution is 2.23. The Labute approximate surface area is 167 Å². The largest absolute Gasteiger partial charge is 0.312 e. The minimum atomic E-state index is -0.560. The van der Waals surface area contributed by atoms with E-state index in [-0.39, 0.29) is 11.4 Å². The molecule has 29 heavy (non-hydrogen) atoms. The molecule has 0 atom stereocenters. The van der Waals surface area contributed by atoms with E-state index in [2.05, 4.69) is 11.6 Å². The van der Waals surface area contributed by atoms with Crippen LogP contribution in [0.25, 0.3) is 16.3 Å². The molecule has 0 saturated heterocycles. The molecule has 0 saturated carbocycles. The second kappa shape index (κ2) is 8.40. The number of carbonyl (C=O) groups excluding carboxylic acids is 1. The highest BCUT2D eigenvalue weighted by atomic mass is 32.1. The van der Waals surface area contributed by atoms with Crippen LogP contribution in [0.1, 0.15) is 5.56 Å². The van der Waals surface area contributed by atoms with E-state index in [0.29, 0.717) is 22.4 Å². The van der Waals surface area contributed by atoms with Gasteiger partial charge in [0.2, 0.25) is 0 Å². The van der Waals surface area contributed by atoms with Crippen LogP contribution in [-0.2, 0) is 11.3 Å². The van der Waals surface area contributed by atoms with Crippen LogP contribution < -0.4 is 4.80 Å². The van der Waals surface area contributed by atoms with Gasteiger partial charge in [-0.1, -0.05) is 29.5 Å². The number of nitro groups is 2. The normalized spacial score (nSPS) is 11.8. The molecule has 9 nitrogen and oxygen atoms in total.